The van der Waals surface area contributed by atoms with Crippen molar-refractivity contribution in [2.75, 3.05) is 33.4 Å². The standard InChI is InChI=1S/C14H21FN2O5S/c1-3-17(10-14(19)16-7-4-8-18)23(20,21)13-9-11(15)5-6-12(13)22-2/h5-6,9,18H,3-4,7-8,10H2,1-2H3,(H,16,19). The normalized spacial score (nSPS) is 11.5. The summed E-state index contributed by atoms with van der Waals surface area (Å²) >= 11 is 0. The van der Waals surface area contributed by atoms with Gasteiger partial charge in [-0.1, -0.05) is 6.92 Å². The lowest BCUT2D eigenvalue weighted by molar-refractivity contribution is -0.121. The molecule has 0 saturated carbocycles. The van der Waals surface area contributed by atoms with Gasteiger partial charge in [-0.3, -0.25) is 4.79 Å². The fourth-order valence-electron chi connectivity index (χ4n) is 1.88. The van der Waals surface area contributed by atoms with E-state index in [0.29, 0.717) is 6.42 Å². The van der Waals surface area contributed by atoms with Crippen LogP contribution in [0.25, 0.3) is 0 Å². The molecule has 0 aliphatic carbocycles. The first-order valence-electron chi connectivity index (χ1n) is 7.08. The van der Waals surface area contributed by atoms with Crippen molar-refractivity contribution in [2.24, 2.45) is 0 Å². The summed E-state index contributed by atoms with van der Waals surface area (Å²) in [5, 5.41) is 11.2. The smallest absolute Gasteiger partial charge is 0.247 e. The Morgan fingerprint density at radius 2 is 2.13 bits per heavy atom. The largest absolute Gasteiger partial charge is 0.495 e. The molecule has 7 nitrogen and oxygen atoms in total. The Bertz CT molecular complexity index is 636. The van der Waals surface area contributed by atoms with Crippen LogP contribution in [0.1, 0.15) is 13.3 Å². The topological polar surface area (TPSA) is 95.9 Å². The van der Waals surface area contributed by atoms with Crippen LogP contribution in [0, 0.1) is 5.82 Å². The molecule has 1 rings (SSSR count). The van der Waals surface area contributed by atoms with E-state index in [4.69, 9.17) is 9.84 Å². The van der Waals surface area contributed by atoms with Crippen molar-refractivity contribution in [3.05, 3.63) is 24.0 Å². The van der Waals surface area contributed by atoms with E-state index in [1.165, 1.54) is 13.2 Å². The van der Waals surface area contributed by atoms with Crippen molar-refractivity contribution in [3.8, 4) is 5.75 Å². The van der Waals surface area contributed by atoms with Crippen molar-refractivity contribution in [2.45, 2.75) is 18.2 Å². The maximum Gasteiger partial charge on any atom is 0.247 e. The molecular formula is C14H21FN2O5S. The van der Waals surface area contributed by atoms with Gasteiger partial charge in [0.05, 0.1) is 13.7 Å². The molecule has 0 spiro atoms. The number of nitrogens with zero attached hydrogens (tertiary/aromatic N) is 1. The molecule has 1 amide bonds. The maximum atomic E-state index is 13.4. The van der Waals surface area contributed by atoms with Crippen LogP contribution in [0.3, 0.4) is 0 Å². The van der Waals surface area contributed by atoms with Gasteiger partial charge in [0.25, 0.3) is 0 Å². The minimum Gasteiger partial charge on any atom is -0.495 e. The van der Waals surface area contributed by atoms with E-state index in [2.05, 4.69) is 5.32 Å². The summed E-state index contributed by atoms with van der Waals surface area (Å²) in [6.07, 6.45) is 0.377. The van der Waals surface area contributed by atoms with Crippen LogP contribution in [0.15, 0.2) is 23.1 Å². The number of nitrogens with one attached hydrogen (secondary N) is 1. The van der Waals surface area contributed by atoms with E-state index >= 15 is 0 Å². The summed E-state index contributed by atoms with van der Waals surface area (Å²) in [7, 11) is -2.80. The number of amides is 1. The van der Waals surface area contributed by atoms with Crippen molar-refractivity contribution >= 4 is 15.9 Å². The number of sulfonamides is 1. The zero-order chi connectivity index (χ0) is 17.5. The van der Waals surface area contributed by atoms with Gasteiger partial charge in [-0.25, -0.2) is 12.8 Å². The Labute approximate surface area is 135 Å². The molecule has 0 heterocycles. The lowest BCUT2D eigenvalue weighted by Gasteiger charge is -2.21. The fraction of sp³-hybridized carbons (Fsp3) is 0.500. The predicted molar refractivity (Wildman–Crippen MR) is 82.1 cm³/mol. The van der Waals surface area contributed by atoms with Crippen LogP contribution in [0.5, 0.6) is 5.75 Å². The molecule has 0 atom stereocenters. The monoisotopic (exact) mass is 348 g/mol. The van der Waals surface area contributed by atoms with E-state index in [9.17, 15) is 17.6 Å². The number of hydrogen-bond donors (Lipinski definition) is 2. The fourth-order valence-corrected chi connectivity index (χ4v) is 3.45. The lowest BCUT2D eigenvalue weighted by atomic mass is 10.3. The number of carbonyl (C=O) groups excluding carboxylic acids is 1. The Kier molecular flexibility index (Phi) is 7.40. The number of hydrogen-bond acceptors (Lipinski definition) is 5. The molecule has 9 heteroatoms. The van der Waals surface area contributed by atoms with E-state index < -0.39 is 28.3 Å². The molecule has 0 aliphatic heterocycles. The molecule has 0 aromatic heterocycles. The second kappa shape index (κ2) is 8.80. The van der Waals surface area contributed by atoms with Gasteiger partial charge in [-0.05, 0) is 24.6 Å². The van der Waals surface area contributed by atoms with Gasteiger partial charge in [0.1, 0.15) is 16.5 Å². The number of carbonyl (C=O) groups is 1. The molecule has 1 aromatic rings. The van der Waals surface area contributed by atoms with Gasteiger partial charge in [0.2, 0.25) is 15.9 Å². The van der Waals surface area contributed by atoms with Gasteiger partial charge in [0.15, 0.2) is 0 Å². The van der Waals surface area contributed by atoms with Crippen LogP contribution in [-0.4, -0.2) is 57.1 Å². The summed E-state index contributed by atoms with van der Waals surface area (Å²) in [5.74, 6) is -1.21. The number of aliphatic hydroxyl groups is 1. The molecule has 0 bridgehead atoms. The first-order valence-corrected chi connectivity index (χ1v) is 8.52. The highest BCUT2D eigenvalue weighted by molar-refractivity contribution is 7.89. The SMILES string of the molecule is CCN(CC(=O)NCCCO)S(=O)(=O)c1cc(F)ccc1OC. The number of rotatable bonds is 9. The zero-order valence-corrected chi connectivity index (χ0v) is 13.9. The number of likely N-dealkylation sites (N-methyl/N-ethyl adjacent to an activating group) is 1. The maximum absolute atomic E-state index is 13.4. The molecule has 1 aromatic carbocycles. The van der Waals surface area contributed by atoms with E-state index in [0.717, 1.165) is 16.4 Å². The summed E-state index contributed by atoms with van der Waals surface area (Å²) < 4.78 is 44.5. The zero-order valence-electron chi connectivity index (χ0n) is 13.1. The first-order chi connectivity index (χ1) is 10.9. The molecule has 0 fully saturated rings. The van der Waals surface area contributed by atoms with Crippen molar-refractivity contribution in [1.82, 2.24) is 9.62 Å². The van der Waals surface area contributed by atoms with Crippen LogP contribution in [0.2, 0.25) is 0 Å². The quantitative estimate of drug-likeness (QED) is 0.628. The van der Waals surface area contributed by atoms with Crippen molar-refractivity contribution < 1.29 is 27.4 Å². The number of ether oxygens (including phenoxy) is 1. The molecule has 0 radical (unpaired) electrons. The van der Waals surface area contributed by atoms with Crippen LogP contribution in [-0.2, 0) is 14.8 Å². The van der Waals surface area contributed by atoms with Gasteiger partial charge in [-0.2, -0.15) is 4.31 Å². The second-order valence-electron chi connectivity index (χ2n) is 4.65. The average molecular weight is 348 g/mol. The number of benzene rings is 1. The predicted octanol–water partition coefficient (Wildman–Crippen LogP) is 0.344. The van der Waals surface area contributed by atoms with Crippen molar-refractivity contribution in [1.29, 1.82) is 0 Å². The number of methoxy groups -OCH3 is 1. The first kappa shape index (κ1) is 19.3. The lowest BCUT2D eigenvalue weighted by Crippen LogP contribution is -2.41. The summed E-state index contributed by atoms with van der Waals surface area (Å²) in [6, 6.07) is 3.17. The molecule has 0 unspecified atom stereocenters. The third-order valence-electron chi connectivity index (χ3n) is 3.07. The van der Waals surface area contributed by atoms with Gasteiger partial charge < -0.3 is 15.2 Å². The summed E-state index contributed by atoms with van der Waals surface area (Å²) in [5.41, 5.74) is 0. The Morgan fingerprint density at radius 1 is 1.43 bits per heavy atom. The molecule has 0 saturated heterocycles. The Morgan fingerprint density at radius 3 is 2.70 bits per heavy atom. The van der Waals surface area contributed by atoms with Crippen LogP contribution in [0.4, 0.5) is 4.39 Å². The van der Waals surface area contributed by atoms with Gasteiger partial charge >= 0.3 is 0 Å². The molecule has 23 heavy (non-hydrogen) atoms. The Balaban J connectivity index is 2.99. The van der Waals surface area contributed by atoms with Crippen LogP contribution < -0.4 is 10.1 Å². The third kappa shape index (κ3) is 5.15. The van der Waals surface area contributed by atoms with Crippen LogP contribution >= 0.6 is 0 Å². The van der Waals surface area contributed by atoms with E-state index in [1.54, 1.807) is 6.92 Å². The summed E-state index contributed by atoms with van der Waals surface area (Å²) in [4.78, 5) is 11.5. The minimum absolute atomic E-state index is 0.00513. The third-order valence-corrected chi connectivity index (χ3v) is 5.02. The molecule has 2 N–H and O–H groups in total. The van der Waals surface area contributed by atoms with E-state index in [-0.39, 0.29) is 30.3 Å². The second-order valence-corrected chi connectivity index (χ2v) is 6.56. The van der Waals surface area contributed by atoms with E-state index in [1.807, 2.05) is 0 Å². The van der Waals surface area contributed by atoms with Gasteiger partial charge in [0, 0.05) is 19.7 Å². The van der Waals surface area contributed by atoms with Gasteiger partial charge in [-0.15, -0.1) is 0 Å². The van der Waals surface area contributed by atoms with Crippen molar-refractivity contribution in [3.63, 3.8) is 0 Å². The summed E-state index contributed by atoms with van der Waals surface area (Å²) in [6.45, 7) is 1.39. The number of halogens is 1. The molecule has 0 aliphatic rings. The minimum atomic E-state index is -4.08. The molecule has 130 valence electrons. The Hall–Kier alpha value is -1.71. The highest BCUT2D eigenvalue weighted by atomic mass is 32.2. The highest BCUT2D eigenvalue weighted by Gasteiger charge is 2.28. The average Bonchev–Trinajstić information content (AvgIpc) is 2.52. The molecular weight excluding hydrogens is 327 g/mol. The highest BCUT2D eigenvalue weighted by Crippen LogP contribution is 2.27. The number of aliphatic hydroxyl groups excluding tert-OH is 1.